The van der Waals surface area contributed by atoms with Crippen LogP contribution in [0.25, 0.3) is 0 Å². The first-order valence-corrected chi connectivity index (χ1v) is 12.7. The highest BCUT2D eigenvalue weighted by Gasteiger charge is 2.34. The van der Waals surface area contributed by atoms with Crippen molar-refractivity contribution < 1.29 is 22.8 Å². The van der Waals surface area contributed by atoms with Crippen LogP contribution in [0.5, 0.6) is 0 Å². The van der Waals surface area contributed by atoms with Gasteiger partial charge >= 0.3 is 0 Å². The van der Waals surface area contributed by atoms with Crippen molar-refractivity contribution in [2.24, 2.45) is 10.3 Å². The highest BCUT2D eigenvalue weighted by atomic mass is 32.2. The topological polar surface area (TPSA) is 116 Å². The van der Waals surface area contributed by atoms with Crippen LogP contribution in [0, 0.1) is 5.92 Å². The zero-order valence-corrected chi connectivity index (χ0v) is 19.3. The average molecular weight is 481 g/mol. The fourth-order valence-corrected chi connectivity index (χ4v) is 5.82. The Kier molecular flexibility index (Phi) is 5.68. The number of likely N-dealkylation sites (tertiary alicyclic amines) is 2. The van der Waals surface area contributed by atoms with Gasteiger partial charge in [-0.1, -0.05) is 24.3 Å². The van der Waals surface area contributed by atoms with Crippen molar-refractivity contribution in [1.82, 2.24) is 9.80 Å². The zero-order chi connectivity index (χ0) is 23.9. The van der Waals surface area contributed by atoms with Gasteiger partial charge in [-0.05, 0) is 42.7 Å². The number of piperidine rings is 1. The number of fused-ring (bicyclic) bond motifs is 1. The number of sulfonamides is 1. The Bertz CT molecular complexity index is 1280. The predicted octanol–water partition coefficient (Wildman–Crippen LogP) is 2.14. The van der Waals surface area contributed by atoms with Gasteiger partial charge in [-0.15, -0.1) is 4.40 Å². The number of amides is 3. The highest BCUT2D eigenvalue weighted by molar-refractivity contribution is 7.90. The summed E-state index contributed by atoms with van der Waals surface area (Å²) in [5.41, 5.74) is 2.08. The lowest BCUT2D eigenvalue weighted by Crippen LogP contribution is -2.41. The second-order valence-electron chi connectivity index (χ2n) is 8.71. The molecule has 0 spiro atoms. The van der Waals surface area contributed by atoms with Gasteiger partial charge in [0.2, 0.25) is 17.7 Å². The third kappa shape index (κ3) is 4.21. The molecule has 2 fully saturated rings. The number of anilines is 1. The second kappa shape index (κ2) is 8.68. The van der Waals surface area contributed by atoms with E-state index in [1.807, 2.05) is 4.90 Å². The monoisotopic (exact) mass is 480 g/mol. The van der Waals surface area contributed by atoms with Crippen LogP contribution < -0.4 is 5.32 Å². The second-order valence-corrected chi connectivity index (χ2v) is 10.3. The van der Waals surface area contributed by atoms with Crippen LogP contribution in [0.1, 0.15) is 36.8 Å². The molecule has 0 saturated carbocycles. The minimum Gasteiger partial charge on any atom is -0.355 e. The van der Waals surface area contributed by atoms with Gasteiger partial charge in [0.1, 0.15) is 4.90 Å². The molecule has 176 valence electrons. The Labute approximate surface area is 197 Å². The van der Waals surface area contributed by atoms with Gasteiger partial charge in [-0.3, -0.25) is 19.3 Å². The summed E-state index contributed by atoms with van der Waals surface area (Å²) in [7, 11) is -3.67. The number of benzene rings is 2. The van der Waals surface area contributed by atoms with Crippen LogP contribution in [0.3, 0.4) is 0 Å². The van der Waals surface area contributed by atoms with Crippen LogP contribution in [-0.2, 0) is 31.0 Å². The molecule has 3 aliphatic rings. The standard InChI is InChI=1S/C24H24N4O5S/c29-21-9-10-22(30)28(21)15-16-5-7-18(8-6-16)25-24(31)17-11-13-27(14-12-17)23-19-3-1-2-4-20(19)34(32,33)26-23/h1-8,17H,9-15H2,(H,25,31). The van der Waals surface area contributed by atoms with Crippen LogP contribution in [0.4, 0.5) is 5.69 Å². The molecular formula is C24H24N4O5S. The summed E-state index contributed by atoms with van der Waals surface area (Å²) in [6.45, 7) is 1.32. The van der Waals surface area contributed by atoms with E-state index < -0.39 is 10.0 Å². The van der Waals surface area contributed by atoms with Crippen LogP contribution in [-0.4, -0.2) is 54.9 Å². The molecule has 0 unspecified atom stereocenters. The summed E-state index contributed by atoms with van der Waals surface area (Å²) >= 11 is 0. The smallest absolute Gasteiger partial charge is 0.285 e. The Morgan fingerprint density at radius 2 is 1.62 bits per heavy atom. The van der Waals surface area contributed by atoms with Crippen molar-refractivity contribution in [2.75, 3.05) is 18.4 Å². The van der Waals surface area contributed by atoms with Gasteiger partial charge in [-0.25, -0.2) is 0 Å². The first kappa shape index (κ1) is 22.3. The number of amidine groups is 1. The summed E-state index contributed by atoms with van der Waals surface area (Å²) in [6.07, 6.45) is 1.71. The van der Waals surface area contributed by atoms with Crippen LogP contribution in [0.2, 0.25) is 0 Å². The molecule has 0 atom stereocenters. The van der Waals surface area contributed by atoms with Crippen molar-refractivity contribution in [2.45, 2.75) is 37.1 Å². The molecule has 3 amide bonds. The van der Waals surface area contributed by atoms with E-state index in [9.17, 15) is 22.8 Å². The number of carbonyl (C=O) groups is 3. The quantitative estimate of drug-likeness (QED) is 0.671. The van der Waals surface area contributed by atoms with E-state index >= 15 is 0 Å². The lowest BCUT2D eigenvalue weighted by atomic mass is 9.95. The molecule has 3 heterocycles. The Morgan fingerprint density at radius 3 is 2.29 bits per heavy atom. The third-order valence-electron chi connectivity index (χ3n) is 6.49. The van der Waals surface area contributed by atoms with E-state index in [0.29, 0.717) is 43.0 Å². The molecule has 9 nitrogen and oxygen atoms in total. The summed E-state index contributed by atoms with van der Waals surface area (Å²) < 4.78 is 28.6. The summed E-state index contributed by atoms with van der Waals surface area (Å²) in [6, 6.07) is 13.9. The Balaban J connectivity index is 1.17. The van der Waals surface area contributed by atoms with Gasteiger partial charge in [0.25, 0.3) is 10.0 Å². The predicted molar refractivity (Wildman–Crippen MR) is 124 cm³/mol. The largest absolute Gasteiger partial charge is 0.355 e. The third-order valence-corrected chi connectivity index (χ3v) is 7.82. The summed E-state index contributed by atoms with van der Waals surface area (Å²) in [5, 5.41) is 2.93. The average Bonchev–Trinajstić information content (AvgIpc) is 3.30. The van der Waals surface area contributed by atoms with E-state index in [1.165, 1.54) is 4.90 Å². The molecule has 3 aliphatic heterocycles. The fourth-order valence-electron chi connectivity index (χ4n) is 4.59. The molecule has 0 bridgehead atoms. The van der Waals surface area contributed by atoms with E-state index in [1.54, 1.807) is 48.5 Å². The van der Waals surface area contributed by atoms with Crippen molar-refractivity contribution in [3.05, 3.63) is 59.7 Å². The molecule has 0 aliphatic carbocycles. The lowest BCUT2D eigenvalue weighted by Gasteiger charge is -2.32. The minimum absolute atomic E-state index is 0.0846. The SMILES string of the molecule is O=C(Nc1ccc(CN2C(=O)CCC2=O)cc1)C1CCN(C2=NS(=O)(=O)c3ccccc32)CC1. The number of hydrogen-bond donors (Lipinski definition) is 1. The number of nitrogens with one attached hydrogen (secondary N) is 1. The van der Waals surface area contributed by atoms with E-state index in [2.05, 4.69) is 9.71 Å². The Morgan fingerprint density at radius 1 is 0.971 bits per heavy atom. The molecule has 2 saturated heterocycles. The van der Waals surface area contributed by atoms with Crippen LogP contribution in [0.15, 0.2) is 57.8 Å². The number of hydrogen-bond acceptors (Lipinski definition) is 6. The lowest BCUT2D eigenvalue weighted by molar-refractivity contribution is -0.139. The number of imide groups is 1. The summed E-state index contributed by atoms with van der Waals surface area (Å²) in [4.78, 5) is 39.8. The van der Waals surface area contributed by atoms with Gasteiger partial charge in [-0.2, -0.15) is 8.42 Å². The molecule has 2 aromatic carbocycles. The minimum atomic E-state index is -3.67. The fraction of sp³-hybridized carbons (Fsp3) is 0.333. The number of nitrogens with zero attached hydrogens (tertiary/aromatic N) is 3. The maximum absolute atomic E-state index is 12.8. The molecule has 0 aromatic heterocycles. The van der Waals surface area contributed by atoms with E-state index in [4.69, 9.17) is 0 Å². The van der Waals surface area contributed by atoms with Gasteiger partial charge in [0, 0.05) is 43.1 Å². The summed E-state index contributed by atoms with van der Waals surface area (Å²) in [5.74, 6) is -0.125. The Hall–Kier alpha value is -3.53. The molecule has 0 radical (unpaired) electrons. The van der Waals surface area contributed by atoms with Crippen molar-refractivity contribution in [3.8, 4) is 0 Å². The molecule has 2 aromatic rings. The normalized spacial score (nSPS) is 19.8. The first-order valence-electron chi connectivity index (χ1n) is 11.2. The number of carbonyl (C=O) groups excluding carboxylic acids is 3. The van der Waals surface area contributed by atoms with Crippen LogP contribution >= 0.6 is 0 Å². The maximum Gasteiger partial charge on any atom is 0.285 e. The van der Waals surface area contributed by atoms with Gasteiger partial charge < -0.3 is 10.2 Å². The van der Waals surface area contributed by atoms with Crippen molar-refractivity contribution >= 4 is 39.3 Å². The van der Waals surface area contributed by atoms with Crippen molar-refractivity contribution in [1.29, 1.82) is 0 Å². The highest BCUT2D eigenvalue weighted by Crippen LogP contribution is 2.30. The molecule has 5 rings (SSSR count). The molecule has 10 heteroatoms. The van der Waals surface area contributed by atoms with E-state index in [0.717, 1.165) is 5.56 Å². The molecular weight excluding hydrogens is 456 g/mol. The first-order chi connectivity index (χ1) is 16.3. The van der Waals surface area contributed by atoms with E-state index in [-0.39, 0.29) is 47.9 Å². The molecule has 1 N–H and O–H groups in total. The molecule has 34 heavy (non-hydrogen) atoms. The van der Waals surface area contributed by atoms with Gasteiger partial charge in [0.15, 0.2) is 5.84 Å². The van der Waals surface area contributed by atoms with Crippen molar-refractivity contribution in [3.63, 3.8) is 0 Å². The zero-order valence-electron chi connectivity index (χ0n) is 18.4. The maximum atomic E-state index is 12.8. The number of rotatable bonds is 4. The van der Waals surface area contributed by atoms with Gasteiger partial charge in [0.05, 0.1) is 6.54 Å².